The number of tetrazole rings is 1. The number of ether oxygens (including phenoxy) is 1. The van der Waals surface area contributed by atoms with E-state index >= 15 is 0 Å². The molecule has 37 heavy (non-hydrogen) atoms. The maximum atomic E-state index is 13.1. The van der Waals surface area contributed by atoms with E-state index in [1.165, 1.54) is 0 Å². The lowest BCUT2D eigenvalue weighted by molar-refractivity contribution is -0.157. The number of carbonyl (C=O) groups is 1. The van der Waals surface area contributed by atoms with E-state index in [1.807, 2.05) is 99.0 Å². The quantitative estimate of drug-likeness (QED) is 0.303. The first-order valence-electron chi connectivity index (χ1n) is 12.4. The monoisotopic (exact) mass is 494 g/mol. The first kappa shape index (κ1) is 24.4. The Kier molecular flexibility index (Phi) is 6.33. The molecule has 1 N–H and O–H groups in total. The third kappa shape index (κ3) is 4.74. The zero-order valence-electron chi connectivity index (χ0n) is 21.7. The van der Waals surface area contributed by atoms with E-state index in [9.17, 15) is 4.79 Å². The van der Waals surface area contributed by atoms with Crippen LogP contribution in [0, 0.1) is 12.3 Å². The van der Waals surface area contributed by atoms with Gasteiger partial charge in [-0.2, -0.15) is 5.21 Å². The van der Waals surface area contributed by atoms with Crippen LogP contribution in [0.1, 0.15) is 56.3 Å². The van der Waals surface area contributed by atoms with E-state index in [-0.39, 0.29) is 5.97 Å². The lowest BCUT2D eigenvalue weighted by Gasteiger charge is -2.25. The molecule has 0 aliphatic heterocycles. The van der Waals surface area contributed by atoms with Gasteiger partial charge in [-0.05, 0) is 67.6 Å². The van der Waals surface area contributed by atoms with Gasteiger partial charge < -0.3 is 4.74 Å². The third-order valence-electron chi connectivity index (χ3n) is 6.40. The highest BCUT2D eigenvalue weighted by atomic mass is 16.5. The number of rotatable bonds is 6. The minimum atomic E-state index is -0.644. The summed E-state index contributed by atoms with van der Waals surface area (Å²) < 4.78 is 8.24. The molecule has 0 aliphatic rings. The second-order valence-corrected chi connectivity index (χ2v) is 10.2. The topological polar surface area (TPSA) is 98.1 Å². The molecule has 0 fully saturated rings. The maximum Gasteiger partial charge on any atom is 0.312 e. The van der Waals surface area contributed by atoms with Gasteiger partial charge in [0.25, 0.3) is 0 Å². The summed E-state index contributed by atoms with van der Waals surface area (Å²) in [5, 5.41) is 14.5. The maximum absolute atomic E-state index is 13.1. The fraction of sp³-hybridized carbons (Fsp3) is 0.276. The highest BCUT2D eigenvalue weighted by molar-refractivity contribution is 5.80. The molecule has 0 saturated carbocycles. The summed E-state index contributed by atoms with van der Waals surface area (Å²) >= 11 is 0. The standard InChI is InChI=1S/C29H30N6O2/c1-6-21-17-35-24(16-11-18(2)27(35)30-21)25(37-28(36)29(3,4)5)20-14-12-19(13-15-20)22-9-7-8-10-23(22)26-31-33-34-32-26/h7-17,25H,6H2,1-5H3,(H,31,32,33,34)/t25-/m1/s1. The second kappa shape index (κ2) is 9.61. The number of aryl methyl sites for hydroxylation is 2. The molecular weight excluding hydrogens is 464 g/mol. The Hall–Kier alpha value is -4.33. The summed E-state index contributed by atoms with van der Waals surface area (Å²) in [4.78, 5) is 17.9. The Balaban J connectivity index is 1.60. The summed E-state index contributed by atoms with van der Waals surface area (Å²) in [6.45, 7) is 9.71. The van der Waals surface area contributed by atoms with Crippen molar-refractivity contribution in [3.05, 3.63) is 89.4 Å². The van der Waals surface area contributed by atoms with Gasteiger partial charge in [-0.1, -0.05) is 61.5 Å². The lowest BCUT2D eigenvalue weighted by Crippen LogP contribution is -2.26. The number of hydrogen-bond acceptors (Lipinski definition) is 6. The van der Waals surface area contributed by atoms with Crippen molar-refractivity contribution >= 4 is 11.6 Å². The fourth-order valence-electron chi connectivity index (χ4n) is 4.28. The summed E-state index contributed by atoms with van der Waals surface area (Å²) in [6.07, 6.45) is 2.25. The van der Waals surface area contributed by atoms with Crippen molar-refractivity contribution in [3.63, 3.8) is 0 Å². The largest absolute Gasteiger partial charge is 0.451 e. The molecule has 0 spiro atoms. The third-order valence-corrected chi connectivity index (χ3v) is 6.40. The van der Waals surface area contributed by atoms with E-state index in [0.29, 0.717) is 5.82 Å². The second-order valence-electron chi connectivity index (χ2n) is 10.2. The molecule has 0 aliphatic carbocycles. The van der Waals surface area contributed by atoms with Gasteiger partial charge in [0.2, 0.25) is 5.82 Å². The Morgan fingerprint density at radius 2 is 1.76 bits per heavy atom. The molecule has 0 unspecified atom stereocenters. The number of nitrogens with one attached hydrogen (secondary N) is 1. The number of fused-ring (bicyclic) bond motifs is 1. The lowest BCUT2D eigenvalue weighted by atomic mass is 9.95. The van der Waals surface area contributed by atoms with Crippen LogP contribution in [0.4, 0.5) is 0 Å². The van der Waals surface area contributed by atoms with Crippen molar-refractivity contribution in [2.75, 3.05) is 0 Å². The van der Waals surface area contributed by atoms with Gasteiger partial charge in [0.1, 0.15) is 5.65 Å². The Labute approximate surface area is 215 Å². The van der Waals surface area contributed by atoms with Crippen molar-refractivity contribution < 1.29 is 9.53 Å². The number of H-pyrrole nitrogens is 1. The number of pyridine rings is 1. The molecule has 5 rings (SSSR count). The number of imidazole rings is 1. The number of aromatic amines is 1. The predicted octanol–water partition coefficient (Wildman–Crippen LogP) is 5.73. The van der Waals surface area contributed by atoms with Gasteiger partial charge in [-0.3, -0.25) is 9.20 Å². The molecule has 8 heteroatoms. The van der Waals surface area contributed by atoms with Gasteiger partial charge >= 0.3 is 5.97 Å². The van der Waals surface area contributed by atoms with Crippen LogP contribution in [-0.2, 0) is 16.0 Å². The first-order chi connectivity index (χ1) is 17.8. The van der Waals surface area contributed by atoms with Gasteiger partial charge in [0.05, 0.1) is 16.8 Å². The van der Waals surface area contributed by atoms with E-state index in [4.69, 9.17) is 9.72 Å². The van der Waals surface area contributed by atoms with Crippen molar-refractivity contribution in [1.29, 1.82) is 0 Å². The average molecular weight is 495 g/mol. The summed E-state index contributed by atoms with van der Waals surface area (Å²) in [5.74, 6) is 0.263. The van der Waals surface area contributed by atoms with E-state index < -0.39 is 11.5 Å². The normalized spacial score (nSPS) is 12.6. The van der Waals surface area contributed by atoms with Crippen molar-refractivity contribution in [3.8, 4) is 22.5 Å². The van der Waals surface area contributed by atoms with E-state index in [0.717, 1.165) is 51.3 Å². The molecule has 2 aromatic carbocycles. The van der Waals surface area contributed by atoms with Gasteiger partial charge in [-0.25, -0.2) is 4.98 Å². The minimum Gasteiger partial charge on any atom is -0.451 e. The average Bonchev–Trinajstić information content (AvgIpc) is 3.58. The van der Waals surface area contributed by atoms with Crippen LogP contribution in [0.15, 0.2) is 66.9 Å². The molecule has 0 amide bonds. The molecule has 0 saturated heterocycles. The summed E-state index contributed by atoms with van der Waals surface area (Å²) in [7, 11) is 0. The van der Waals surface area contributed by atoms with Crippen molar-refractivity contribution in [2.24, 2.45) is 5.41 Å². The minimum absolute atomic E-state index is 0.270. The summed E-state index contributed by atoms with van der Waals surface area (Å²) in [5.41, 5.74) is 6.87. The number of benzene rings is 2. The Morgan fingerprint density at radius 3 is 2.41 bits per heavy atom. The molecule has 3 heterocycles. The smallest absolute Gasteiger partial charge is 0.312 e. The van der Waals surface area contributed by atoms with Gasteiger partial charge in [-0.15, -0.1) is 10.2 Å². The molecular formula is C29H30N6O2. The molecule has 1 atom stereocenters. The number of aromatic nitrogens is 6. The van der Waals surface area contributed by atoms with Crippen LogP contribution in [0.2, 0.25) is 0 Å². The van der Waals surface area contributed by atoms with E-state index in [2.05, 4.69) is 27.5 Å². The van der Waals surface area contributed by atoms with Gasteiger partial charge in [0.15, 0.2) is 6.10 Å². The number of esters is 1. The molecule has 5 aromatic rings. The number of carbonyl (C=O) groups excluding carboxylic acids is 1. The summed E-state index contributed by atoms with van der Waals surface area (Å²) in [6, 6.07) is 20.0. The van der Waals surface area contributed by atoms with Crippen LogP contribution in [0.5, 0.6) is 0 Å². The Morgan fingerprint density at radius 1 is 1.03 bits per heavy atom. The fourth-order valence-corrected chi connectivity index (χ4v) is 4.28. The molecule has 188 valence electrons. The molecule has 8 nitrogen and oxygen atoms in total. The zero-order valence-corrected chi connectivity index (χ0v) is 21.7. The van der Waals surface area contributed by atoms with E-state index in [1.54, 1.807) is 0 Å². The van der Waals surface area contributed by atoms with Crippen LogP contribution < -0.4 is 0 Å². The zero-order chi connectivity index (χ0) is 26.2. The molecule has 3 aromatic heterocycles. The van der Waals surface area contributed by atoms with Crippen molar-refractivity contribution in [1.82, 2.24) is 30.0 Å². The van der Waals surface area contributed by atoms with Crippen LogP contribution in [-0.4, -0.2) is 36.0 Å². The Bertz CT molecular complexity index is 1550. The predicted molar refractivity (Wildman–Crippen MR) is 142 cm³/mol. The van der Waals surface area contributed by atoms with Gasteiger partial charge in [0, 0.05) is 11.8 Å². The SMILES string of the molecule is CCc1cn2c([C@H](OC(=O)C(C)(C)C)c3ccc(-c4ccccc4-c4nn[nH]n4)cc3)ccc(C)c2n1. The molecule has 0 bridgehead atoms. The first-order valence-corrected chi connectivity index (χ1v) is 12.4. The highest BCUT2D eigenvalue weighted by Crippen LogP contribution is 2.34. The van der Waals surface area contributed by atoms with Crippen molar-refractivity contribution in [2.45, 2.75) is 47.1 Å². The van der Waals surface area contributed by atoms with Crippen LogP contribution in [0.3, 0.4) is 0 Å². The highest BCUT2D eigenvalue weighted by Gasteiger charge is 2.29. The number of nitrogens with zero attached hydrogens (tertiary/aromatic N) is 5. The number of hydrogen-bond donors (Lipinski definition) is 1. The molecule has 0 radical (unpaired) electrons. The van der Waals surface area contributed by atoms with Crippen LogP contribution in [0.25, 0.3) is 28.2 Å². The van der Waals surface area contributed by atoms with Crippen LogP contribution >= 0.6 is 0 Å².